The molecule has 0 aliphatic heterocycles. The zero-order valence-corrected chi connectivity index (χ0v) is 13.1. The Morgan fingerprint density at radius 1 is 1.37 bits per heavy atom. The van der Waals surface area contributed by atoms with Gasteiger partial charge in [-0.1, -0.05) is 12.1 Å². The van der Waals surface area contributed by atoms with Crippen LogP contribution in [0.5, 0.6) is 0 Å². The van der Waals surface area contributed by atoms with Gasteiger partial charge in [-0.2, -0.15) is 5.10 Å². The van der Waals surface area contributed by atoms with E-state index in [9.17, 15) is 0 Å². The Bertz CT molecular complexity index is 577. The standard InChI is InChI=1S/C14H19BrN4/c1-4-19-13(14(15)10(2)17-19)9-18(3)12-8-6-5-7-11(12)16/h5-8H,4,9,16H2,1-3H3. The Labute approximate surface area is 122 Å². The zero-order chi connectivity index (χ0) is 14.0. The van der Waals surface area contributed by atoms with Crippen LogP contribution in [-0.4, -0.2) is 16.8 Å². The molecule has 1 aromatic heterocycles. The van der Waals surface area contributed by atoms with Crippen LogP contribution in [0.3, 0.4) is 0 Å². The van der Waals surface area contributed by atoms with Crippen LogP contribution in [-0.2, 0) is 13.1 Å². The van der Waals surface area contributed by atoms with Crippen LogP contribution < -0.4 is 10.6 Å². The van der Waals surface area contributed by atoms with E-state index in [4.69, 9.17) is 5.73 Å². The lowest BCUT2D eigenvalue weighted by atomic mass is 10.2. The molecular formula is C14H19BrN4. The second-order valence-corrected chi connectivity index (χ2v) is 5.37. The van der Waals surface area contributed by atoms with E-state index in [2.05, 4.69) is 32.9 Å². The number of para-hydroxylation sites is 2. The van der Waals surface area contributed by atoms with Crippen LogP contribution in [0.4, 0.5) is 11.4 Å². The van der Waals surface area contributed by atoms with E-state index in [1.54, 1.807) is 0 Å². The third kappa shape index (κ3) is 2.76. The minimum atomic E-state index is 0.767. The molecule has 1 heterocycles. The first-order chi connectivity index (χ1) is 9.04. The summed E-state index contributed by atoms with van der Waals surface area (Å²) in [4.78, 5) is 2.14. The fourth-order valence-electron chi connectivity index (χ4n) is 2.17. The second-order valence-electron chi connectivity index (χ2n) is 4.58. The molecule has 4 nitrogen and oxygen atoms in total. The lowest BCUT2D eigenvalue weighted by molar-refractivity contribution is 0.612. The van der Waals surface area contributed by atoms with E-state index in [0.29, 0.717) is 0 Å². The first kappa shape index (κ1) is 13.9. The number of aryl methyl sites for hydroxylation is 2. The molecule has 19 heavy (non-hydrogen) atoms. The maximum absolute atomic E-state index is 6.01. The van der Waals surface area contributed by atoms with Crippen molar-refractivity contribution in [3.63, 3.8) is 0 Å². The normalized spacial score (nSPS) is 10.7. The summed E-state index contributed by atoms with van der Waals surface area (Å²) in [5.74, 6) is 0. The smallest absolute Gasteiger partial charge is 0.0739 e. The second kappa shape index (κ2) is 5.65. The maximum atomic E-state index is 6.01. The highest BCUT2D eigenvalue weighted by atomic mass is 79.9. The lowest BCUT2D eigenvalue weighted by Crippen LogP contribution is -2.20. The van der Waals surface area contributed by atoms with Crippen LogP contribution in [0.2, 0.25) is 0 Å². The summed E-state index contributed by atoms with van der Waals surface area (Å²) in [6, 6.07) is 7.90. The average molecular weight is 323 g/mol. The summed E-state index contributed by atoms with van der Waals surface area (Å²) in [6.07, 6.45) is 0. The minimum Gasteiger partial charge on any atom is -0.397 e. The van der Waals surface area contributed by atoms with E-state index in [1.807, 2.05) is 42.9 Å². The summed E-state index contributed by atoms with van der Waals surface area (Å²) < 4.78 is 3.10. The fraction of sp³-hybridized carbons (Fsp3) is 0.357. The van der Waals surface area contributed by atoms with E-state index < -0.39 is 0 Å². The Balaban J connectivity index is 2.29. The highest BCUT2D eigenvalue weighted by molar-refractivity contribution is 9.10. The molecule has 0 amide bonds. The Morgan fingerprint density at radius 2 is 2.05 bits per heavy atom. The van der Waals surface area contributed by atoms with Gasteiger partial charge in [-0.25, -0.2) is 0 Å². The molecular weight excluding hydrogens is 304 g/mol. The summed E-state index contributed by atoms with van der Waals surface area (Å²) in [5, 5.41) is 4.51. The molecule has 0 unspecified atom stereocenters. The van der Waals surface area contributed by atoms with Gasteiger partial charge in [-0.15, -0.1) is 0 Å². The van der Waals surface area contributed by atoms with Gasteiger partial charge >= 0.3 is 0 Å². The summed E-state index contributed by atoms with van der Waals surface area (Å²) >= 11 is 3.62. The van der Waals surface area contributed by atoms with Gasteiger partial charge in [-0.05, 0) is 41.9 Å². The maximum Gasteiger partial charge on any atom is 0.0739 e. The minimum absolute atomic E-state index is 0.767. The number of anilines is 2. The number of hydrogen-bond donors (Lipinski definition) is 1. The van der Waals surface area contributed by atoms with Crippen molar-refractivity contribution in [2.45, 2.75) is 26.9 Å². The summed E-state index contributed by atoms with van der Waals surface area (Å²) in [5.41, 5.74) is 10.0. The molecule has 0 radical (unpaired) electrons. The van der Waals surface area contributed by atoms with Gasteiger partial charge in [0.15, 0.2) is 0 Å². The number of hydrogen-bond acceptors (Lipinski definition) is 3. The van der Waals surface area contributed by atoms with Crippen molar-refractivity contribution in [3.8, 4) is 0 Å². The Hall–Kier alpha value is -1.49. The molecule has 0 bridgehead atoms. The van der Waals surface area contributed by atoms with Gasteiger partial charge in [0.05, 0.1) is 33.8 Å². The summed E-state index contributed by atoms with van der Waals surface area (Å²) in [6.45, 7) is 5.74. The molecule has 0 spiro atoms. The van der Waals surface area contributed by atoms with Crippen LogP contribution in [0, 0.1) is 6.92 Å². The van der Waals surface area contributed by atoms with Gasteiger partial charge in [0.1, 0.15) is 0 Å². The van der Waals surface area contributed by atoms with Crippen molar-refractivity contribution in [2.24, 2.45) is 0 Å². The zero-order valence-electron chi connectivity index (χ0n) is 11.5. The third-order valence-corrected chi connectivity index (χ3v) is 4.22. The van der Waals surface area contributed by atoms with Crippen LogP contribution in [0.15, 0.2) is 28.7 Å². The van der Waals surface area contributed by atoms with Crippen molar-refractivity contribution in [3.05, 3.63) is 40.1 Å². The molecule has 0 saturated heterocycles. The topological polar surface area (TPSA) is 47.1 Å². The molecule has 0 atom stereocenters. The molecule has 0 fully saturated rings. The third-order valence-electron chi connectivity index (χ3n) is 3.19. The van der Waals surface area contributed by atoms with Crippen LogP contribution >= 0.6 is 15.9 Å². The average Bonchev–Trinajstić information content (AvgIpc) is 2.67. The largest absolute Gasteiger partial charge is 0.397 e. The van der Waals surface area contributed by atoms with Crippen molar-refractivity contribution in [1.82, 2.24) is 9.78 Å². The van der Waals surface area contributed by atoms with E-state index in [1.165, 1.54) is 5.69 Å². The SMILES string of the molecule is CCn1nc(C)c(Br)c1CN(C)c1ccccc1N. The number of halogens is 1. The molecule has 2 rings (SSSR count). The number of nitrogens with two attached hydrogens (primary N) is 1. The van der Waals surface area contributed by atoms with Crippen LogP contribution in [0.1, 0.15) is 18.3 Å². The van der Waals surface area contributed by atoms with E-state index in [0.717, 1.165) is 34.6 Å². The lowest BCUT2D eigenvalue weighted by Gasteiger charge is -2.21. The van der Waals surface area contributed by atoms with Crippen molar-refractivity contribution in [1.29, 1.82) is 0 Å². The molecule has 0 aliphatic rings. The highest BCUT2D eigenvalue weighted by Crippen LogP contribution is 2.26. The molecule has 102 valence electrons. The molecule has 1 aromatic carbocycles. The quantitative estimate of drug-likeness (QED) is 0.879. The predicted octanol–water partition coefficient (Wildman–Crippen LogP) is 3.19. The predicted molar refractivity (Wildman–Crippen MR) is 83.3 cm³/mol. The molecule has 0 saturated carbocycles. The van der Waals surface area contributed by atoms with Crippen molar-refractivity contribution < 1.29 is 0 Å². The number of rotatable bonds is 4. The van der Waals surface area contributed by atoms with Crippen molar-refractivity contribution >= 4 is 27.3 Å². The van der Waals surface area contributed by atoms with E-state index >= 15 is 0 Å². The van der Waals surface area contributed by atoms with E-state index in [-0.39, 0.29) is 0 Å². The number of benzene rings is 1. The highest BCUT2D eigenvalue weighted by Gasteiger charge is 2.15. The summed E-state index contributed by atoms with van der Waals surface area (Å²) in [7, 11) is 2.04. The van der Waals surface area contributed by atoms with Gasteiger partial charge in [0, 0.05) is 13.6 Å². The monoisotopic (exact) mass is 322 g/mol. The van der Waals surface area contributed by atoms with Crippen LogP contribution in [0.25, 0.3) is 0 Å². The first-order valence-corrected chi connectivity index (χ1v) is 7.11. The number of aromatic nitrogens is 2. The number of nitrogen functional groups attached to an aromatic ring is 1. The fourth-order valence-corrected chi connectivity index (χ4v) is 2.57. The molecule has 0 aliphatic carbocycles. The van der Waals surface area contributed by atoms with Gasteiger partial charge in [0.2, 0.25) is 0 Å². The van der Waals surface area contributed by atoms with Gasteiger partial charge in [-0.3, -0.25) is 4.68 Å². The van der Waals surface area contributed by atoms with Gasteiger partial charge in [0.25, 0.3) is 0 Å². The first-order valence-electron chi connectivity index (χ1n) is 6.32. The van der Waals surface area contributed by atoms with Gasteiger partial charge < -0.3 is 10.6 Å². The molecule has 5 heteroatoms. The number of nitrogens with zero attached hydrogens (tertiary/aromatic N) is 3. The Kier molecular flexibility index (Phi) is 4.14. The Morgan fingerprint density at radius 3 is 2.68 bits per heavy atom. The molecule has 2 aromatic rings. The van der Waals surface area contributed by atoms with Crippen molar-refractivity contribution in [2.75, 3.05) is 17.7 Å². The molecule has 2 N–H and O–H groups in total.